The molecular weight excluding hydrogens is 164 g/mol. The molecule has 0 radical (unpaired) electrons. The first-order valence-electron chi connectivity index (χ1n) is 4.89. The van der Waals surface area contributed by atoms with Crippen LogP contribution in [0.1, 0.15) is 44.4 Å². The lowest BCUT2D eigenvalue weighted by atomic mass is 9.82. The Bertz CT molecular complexity index is 287. The third-order valence-corrected chi connectivity index (χ3v) is 2.83. The molecule has 0 spiro atoms. The van der Waals surface area contributed by atoms with E-state index in [-0.39, 0.29) is 0 Å². The second-order valence-electron chi connectivity index (χ2n) is 4.16. The number of nitrogens with zero attached hydrogens (tertiary/aromatic N) is 2. The van der Waals surface area contributed by atoms with E-state index in [1.165, 1.54) is 12.8 Å². The highest BCUT2D eigenvalue weighted by Crippen LogP contribution is 2.36. The van der Waals surface area contributed by atoms with Crippen LogP contribution in [0.5, 0.6) is 0 Å². The second kappa shape index (κ2) is 3.14. The van der Waals surface area contributed by atoms with Gasteiger partial charge in [-0.15, -0.1) is 0 Å². The van der Waals surface area contributed by atoms with Crippen LogP contribution in [0.2, 0.25) is 0 Å². The van der Waals surface area contributed by atoms with Gasteiger partial charge in [-0.1, -0.05) is 6.92 Å². The molecule has 0 unspecified atom stereocenters. The van der Waals surface area contributed by atoms with Crippen LogP contribution in [0.4, 0.5) is 0 Å². The monoisotopic (exact) mass is 180 g/mol. The lowest BCUT2D eigenvalue weighted by Gasteiger charge is -2.32. The molecule has 1 aliphatic carbocycles. The average Bonchev–Trinajstić information content (AvgIpc) is 2.46. The van der Waals surface area contributed by atoms with Gasteiger partial charge in [0.25, 0.3) is 0 Å². The Kier molecular flexibility index (Phi) is 2.12. The fraction of sp³-hybridized carbons (Fsp3) is 0.700. The first kappa shape index (κ1) is 8.75. The van der Waals surface area contributed by atoms with Crippen molar-refractivity contribution in [2.24, 2.45) is 5.92 Å². The summed E-state index contributed by atoms with van der Waals surface area (Å²) in [6.07, 6.45) is 5.77. The lowest BCUT2D eigenvalue weighted by molar-refractivity contribution is 0.193. The molecule has 1 atom stereocenters. The van der Waals surface area contributed by atoms with Crippen LogP contribution in [-0.2, 0) is 0 Å². The molecule has 0 aromatic carbocycles. The van der Waals surface area contributed by atoms with Gasteiger partial charge >= 0.3 is 0 Å². The van der Waals surface area contributed by atoms with E-state index >= 15 is 0 Å². The Morgan fingerprint density at radius 2 is 2.31 bits per heavy atom. The zero-order valence-corrected chi connectivity index (χ0v) is 8.14. The molecule has 1 aromatic heterocycles. The van der Waals surface area contributed by atoms with Crippen molar-refractivity contribution in [3.8, 4) is 0 Å². The minimum Gasteiger partial charge on any atom is -0.389 e. The van der Waals surface area contributed by atoms with E-state index < -0.39 is 6.10 Å². The van der Waals surface area contributed by atoms with E-state index in [9.17, 15) is 5.11 Å². The molecule has 1 aromatic rings. The van der Waals surface area contributed by atoms with Crippen molar-refractivity contribution in [3.05, 3.63) is 18.0 Å². The van der Waals surface area contributed by atoms with E-state index in [2.05, 4.69) is 12.0 Å². The van der Waals surface area contributed by atoms with Gasteiger partial charge < -0.3 is 5.11 Å². The van der Waals surface area contributed by atoms with Crippen molar-refractivity contribution >= 4 is 0 Å². The molecule has 72 valence electrons. The number of rotatable bonds is 2. The van der Waals surface area contributed by atoms with Gasteiger partial charge in [-0.3, -0.25) is 4.68 Å². The molecule has 2 rings (SSSR count). The Morgan fingerprint density at radius 1 is 1.62 bits per heavy atom. The normalized spacial score (nSPS) is 29.8. The fourth-order valence-electron chi connectivity index (χ4n) is 1.84. The van der Waals surface area contributed by atoms with Crippen molar-refractivity contribution < 1.29 is 5.11 Å². The van der Waals surface area contributed by atoms with Crippen molar-refractivity contribution in [2.75, 3.05) is 0 Å². The molecular formula is C10H16N2O. The summed E-state index contributed by atoms with van der Waals surface area (Å²) in [5.41, 5.74) is 0.916. The summed E-state index contributed by atoms with van der Waals surface area (Å²) in [6.45, 7) is 4.03. The van der Waals surface area contributed by atoms with Gasteiger partial charge in [0.1, 0.15) is 0 Å². The van der Waals surface area contributed by atoms with Crippen LogP contribution in [0, 0.1) is 5.92 Å². The highest BCUT2D eigenvalue weighted by atomic mass is 16.3. The van der Waals surface area contributed by atoms with Gasteiger partial charge in [0.2, 0.25) is 0 Å². The Morgan fingerprint density at radius 3 is 2.77 bits per heavy atom. The van der Waals surface area contributed by atoms with Crippen molar-refractivity contribution in [2.45, 2.75) is 38.8 Å². The number of hydrogen-bond acceptors (Lipinski definition) is 2. The van der Waals surface area contributed by atoms with Gasteiger partial charge in [0.15, 0.2) is 0 Å². The number of aliphatic hydroxyl groups excluding tert-OH is 1. The molecule has 0 aliphatic heterocycles. The number of aromatic nitrogens is 2. The maximum Gasteiger partial charge on any atom is 0.0792 e. The Labute approximate surface area is 78.4 Å². The summed E-state index contributed by atoms with van der Waals surface area (Å²) in [4.78, 5) is 0. The molecule has 1 aliphatic rings. The summed E-state index contributed by atoms with van der Waals surface area (Å²) in [5, 5.41) is 13.6. The Balaban J connectivity index is 2.06. The first-order chi connectivity index (χ1) is 6.16. The first-order valence-corrected chi connectivity index (χ1v) is 4.89. The Hall–Kier alpha value is -0.830. The smallest absolute Gasteiger partial charge is 0.0792 e. The van der Waals surface area contributed by atoms with Crippen LogP contribution >= 0.6 is 0 Å². The molecule has 0 saturated heterocycles. The topological polar surface area (TPSA) is 38.0 Å². The molecule has 1 saturated carbocycles. The van der Waals surface area contributed by atoms with Crippen molar-refractivity contribution in [1.82, 2.24) is 9.78 Å². The molecule has 3 nitrogen and oxygen atoms in total. The van der Waals surface area contributed by atoms with Crippen molar-refractivity contribution in [1.29, 1.82) is 0 Å². The largest absolute Gasteiger partial charge is 0.389 e. The lowest BCUT2D eigenvalue weighted by Crippen LogP contribution is -2.24. The van der Waals surface area contributed by atoms with E-state index in [4.69, 9.17) is 0 Å². The van der Waals surface area contributed by atoms with Crippen molar-refractivity contribution in [3.63, 3.8) is 0 Å². The minimum atomic E-state index is -0.397. The summed E-state index contributed by atoms with van der Waals surface area (Å²) >= 11 is 0. The maximum absolute atomic E-state index is 9.31. The van der Waals surface area contributed by atoms with E-state index in [0.29, 0.717) is 6.04 Å². The molecule has 1 heterocycles. The van der Waals surface area contributed by atoms with Crippen LogP contribution in [0.3, 0.4) is 0 Å². The predicted octanol–water partition coefficient (Wildman–Crippen LogP) is 1.91. The molecule has 13 heavy (non-hydrogen) atoms. The second-order valence-corrected chi connectivity index (χ2v) is 4.16. The van der Waals surface area contributed by atoms with Gasteiger partial charge in [-0.05, 0) is 25.7 Å². The maximum atomic E-state index is 9.31. The van der Waals surface area contributed by atoms with Gasteiger partial charge in [-0.2, -0.15) is 5.10 Å². The zero-order valence-electron chi connectivity index (χ0n) is 8.14. The van der Waals surface area contributed by atoms with Crippen LogP contribution in [0.15, 0.2) is 12.4 Å². The summed E-state index contributed by atoms with van der Waals surface area (Å²) in [6, 6.07) is 0.572. The fourth-order valence-corrected chi connectivity index (χ4v) is 1.84. The zero-order chi connectivity index (χ0) is 9.42. The summed E-state index contributed by atoms with van der Waals surface area (Å²) in [5.74, 6) is 0.837. The van der Waals surface area contributed by atoms with Crippen LogP contribution in [-0.4, -0.2) is 14.9 Å². The molecule has 1 N–H and O–H groups in total. The minimum absolute atomic E-state index is 0.397. The summed E-state index contributed by atoms with van der Waals surface area (Å²) < 4.78 is 1.99. The van der Waals surface area contributed by atoms with E-state index in [1.807, 2.05) is 10.9 Å². The molecule has 1 fully saturated rings. The average molecular weight is 180 g/mol. The van der Waals surface area contributed by atoms with Gasteiger partial charge in [0.05, 0.1) is 18.3 Å². The quantitative estimate of drug-likeness (QED) is 0.755. The third-order valence-electron chi connectivity index (χ3n) is 2.83. The summed E-state index contributed by atoms with van der Waals surface area (Å²) in [7, 11) is 0. The molecule has 0 amide bonds. The number of aliphatic hydroxyl groups is 1. The van der Waals surface area contributed by atoms with Gasteiger partial charge in [-0.25, -0.2) is 0 Å². The van der Waals surface area contributed by atoms with Crippen LogP contribution < -0.4 is 0 Å². The number of hydrogen-bond donors (Lipinski definition) is 1. The standard InChI is InChI=1S/C10H16N2O/c1-7-3-10(4-7)12-6-9(5-11-12)8(2)13/h5-8,10,13H,3-4H2,1-2H3/t7?,8-,10?/m1/s1. The predicted molar refractivity (Wildman–Crippen MR) is 50.3 cm³/mol. The molecule has 3 heteroatoms. The SMILES string of the molecule is CC1CC(n2cc([C@@H](C)O)cn2)C1. The molecule has 0 bridgehead atoms. The van der Waals surface area contributed by atoms with Gasteiger partial charge in [0, 0.05) is 11.8 Å². The highest BCUT2D eigenvalue weighted by molar-refractivity contribution is 5.07. The van der Waals surface area contributed by atoms with E-state index in [1.54, 1.807) is 13.1 Å². The third kappa shape index (κ3) is 1.61. The highest BCUT2D eigenvalue weighted by Gasteiger charge is 2.27. The van der Waals surface area contributed by atoms with Crippen LogP contribution in [0.25, 0.3) is 0 Å². The van der Waals surface area contributed by atoms with E-state index in [0.717, 1.165) is 11.5 Å².